The number of hydrogen-bond acceptors (Lipinski definition) is 2. The van der Waals surface area contributed by atoms with E-state index in [0.29, 0.717) is 6.04 Å². The van der Waals surface area contributed by atoms with Crippen molar-refractivity contribution in [1.82, 2.24) is 4.98 Å². The van der Waals surface area contributed by atoms with Gasteiger partial charge in [-0.1, -0.05) is 26.7 Å². The molecule has 0 aromatic carbocycles. The highest BCUT2D eigenvalue weighted by atomic mass is 14.9. The van der Waals surface area contributed by atoms with Gasteiger partial charge in [-0.15, -0.1) is 0 Å². The van der Waals surface area contributed by atoms with Gasteiger partial charge in [0.05, 0.1) is 11.4 Å². The number of pyridine rings is 1. The average molecular weight is 260 g/mol. The molecule has 2 atom stereocenters. The van der Waals surface area contributed by atoms with E-state index in [1.807, 2.05) is 0 Å². The molecule has 0 spiro atoms. The highest BCUT2D eigenvalue weighted by Crippen LogP contribution is 2.30. The molecule has 1 aromatic heterocycles. The van der Waals surface area contributed by atoms with Gasteiger partial charge in [0, 0.05) is 11.7 Å². The Morgan fingerprint density at radius 3 is 2.58 bits per heavy atom. The second-order valence-corrected chi connectivity index (χ2v) is 6.44. The zero-order valence-corrected chi connectivity index (χ0v) is 12.9. The van der Waals surface area contributed by atoms with E-state index < -0.39 is 0 Å². The summed E-state index contributed by atoms with van der Waals surface area (Å²) in [6.07, 6.45) is 6.74. The molecule has 0 radical (unpaired) electrons. The molecule has 0 aliphatic heterocycles. The lowest BCUT2D eigenvalue weighted by atomic mass is 9.89. The topological polar surface area (TPSA) is 24.9 Å². The molecule has 106 valence electrons. The average Bonchev–Trinajstić information content (AvgIpc) is 2.58. The van der Waals surface area contributed by atoms with E-state index in [4.69, 9.17) is 0 Å². The van der Waals surface area contributed by atoms with Crippen LogP contribution in [0.25, 0.3) is 0 Å². The predicted molar refractivity (Wildman–Crippen MR) is 82.5 cm³/mol. The quantitative estimate of drug-likeness (QED) is 0.796. The van der Waals surface area contributed by atoms with Gasteiger partial charge in [0.15, 0.2) is 0 Å². The maximum atomic E-state index is 4.54. The van der Waals surface area contributed by atoms with Crippen LogP contribution in [0.5, 0.6) is 0 Å². The van der Waals surface area contributed by atoms with Gasteiger partial charge >= 0.3 is 0 Å². The second-order valence-electron chi connectivity index (χ2n) is 6.44. The third kappa shape index (κ3) is 3.95. The maximum absolute atomic E-state index is 4.54. The van der Waals surface area contributed by atoms with Crippen LogP contribution in [0.4, 0.5) is 5.69 Å². The number of nitrogens with one attached hydrogen (secondary N) is 1. The smallest absolute Gasteiger partial charge is 0.0606 e. The molecule has 0 bridgehead atoms. The molecule has 2 nitrogen and oxygen atoms in total. The Kier molecular flexibility index (Phi) is 4.84. The SMILES string of the molecule is Cc1ccc(NC2CCCC(C(C)C)CC2)c(C)n1. The van der Waals surface area contributed by atoms with Gasteiger partial charge < -0.3 is 5.32 Å². The molecule has 1 aliphatic carbocycles. The van der Waals surface area contributed by atoms with Gasteiger partial charge in [0.25, 0.3) is 0 Å². The van der Waals surface area contributed by atoms with Gasteiger partial charge in [-0.2, -0.15) is 0 Å². The van der Waals surface area contributed by atoms with Gasteiger partial charge in [-0.05, 0) is 57.1 Å². The van der Waals surface area contributed by atoms with Crippen molar-refractivity contribution in [1.29, 1.82) is 0 Å². The summed E-state index contributed by atoms with van der Waals surface area (Å²) in [5, 5.41) is 3.71. The standard InChI is InChI=1S/C17H28N2/c1-12(2)15-6-5-7-16(10-9-15)19-17-11-8-13(3)18-14(17)4/h8,11-12,15-16,19H,5-7,9-10H2,1-4H3. The van der Waals surface area contributed by atoms with E-state index in [9.17, 15) is 0 Å². The van der Waals surface area contributed by atoms with Crippen LogP contribution in [0.2, 0.25) is 0 Å². The molecule has 0 amide bonds. The van der Waals surface area contributed by atoms with Crippen molar-refractivity contribution < 1.29 is 0 Å². The Morgan fingerprint density at radius 2 is 1.89 bits per heavy atom. The van der Waals surface area contributed by atoms with E-state index in [1.54, 1.807) is 0 Å². The molecule has 19 heavy (non-hydrogen) atoms. The van der Waals surface area contributed by atoms with E-state index in [2.05, 4.69) is 50.1 Å². The molecule has 1 aliphatic rings. The number of aryl methyl sites for hydroxylation is 2. The van der Waals surface area contributed by atoms with Crippen molar-refractivity contribution in [3.63, 3.8) is 0 Å². The van der Waals surface area contributed by atoms with Gasteiger partial charge in [0.2, 0.25) is 0 Å². The van der Waals surface area contributed by atoms with E-state index in [0.717, 1.165) is 23.2 Å². The lowest BCUT2D eigenvalue weighted by Gasteiger charge is -2.20. The van der Waals surface area contributed by atoms with Gasteiger partial charge in [-0.25, -0.2) is 0 Å². The van der Waals surface area contributed by atoms with E-state index >= 15 is 0 Å². The summed E-state index contributed by atoms with van der Waals surface area (Å²) in [6.45, 7) is 8.89. The summed E-state index contributed by atoms with van der Waals surface area (Å²) < 4.78 is 0. The van der Waals surface area contributed by atoms with Crippen LogP contribution in [0.1, 0.15) is 57.3 Å². The Bertz CT molecular complexity index is 412. The summed E-state index contributed by atoms with van der Waals surface area (Å²) >= 11 is 0. The molecule has 1 fully saturated rings. The van der Waals surface area contributed by atoms with Gasteiger partial charge in [0.1, 0.15) is 0 Å². The molecule has 1 heterocycles. The first-order valence-corrected chi connectivity index (χ1v) is 7.77. The minimum atomic E-state index is 0.631. The molecular weight excluding hydrogens is 232 g/mol. The second kappa shape index (κ2) is 6.40. The summed E-state index contributed by atoms with van der Waals surface area (Å²) in [5.41, 5.74) is 3.45. The first-order valence-electron chi connectivity index (χ1n) is 7.77. The van der Waals surface area contributed by atoms with Crippen LogP contribution >= 0.6 is 0 Å². The number of aromatic nitrogens is 1. The fourth-order valence-electron chi connectivity index (χ4n) is 3.20. The number of rotatable bonds is 3. The fraction of sp³-hybridized carbons (Fsp3) is 0.706. The Balaban J connectivity index is 1.96. The zero-order chi connectivity index (χ0) is 13.8. The minimum absolute atomic E-state index is 0.631. The monoisotopic (exact) mass is 260 g/mol. The largest absolute Gasteiger partial charge is 0.381 e. The Labute approximate surface area is 118 Å². The lowest BCUT2D eigenvalue weighted by molar-refractivity contribution is 0.341. The molecule has 2 rings (SSSR count). The van der Waals surface area contributed by atoms with Crippen molar-refractivity contribution in [2.24, 2.45) is 11.8 Å². The van der Waals surface area contributed by atoms with Crippen LogP contribution < -0.4 is 5.32 Å². The van der Waals surface area contributed by atoms with Crippen LogP contribution in [0.15, 0.2) is 12.1 Å². The number of anilines is 1. The lowest BCUT2D eigenvalue weighted by Crippen LogP contribution is -2.19. The first kappa shape index (κ1) is 14.4. The molecule has 1 saturated carbocycles. The Hall–Kier alpha value is -1.05. The fourth-order valence-corrected chi connectivity index (χ4v) is 3.20. The third-order valence-corrected chi connectivity index (χ3v) is 4.54. The van der Waals surface area contributed by atoms with Crippen molar-refractivity contribution in [2.45, 2.75) is 65.8 Å². The number of hydrogen-bond donors (Lipinski definition) is 1. The summed E-state index contributed by atoms with van der Waals surface area (Å²) in [7, 11) is 0. The highest BCUT2D eigenvalue weighted by Gasteiger charge is 2.21. The van der Waals surface area contributed by atoms with Crippen LogP contribution in [0, 0.1) is 25.7 Å². The van der Waals surface area contributed by atoms with Crippen molar-refractivity contribution in [2.75, 3.05) is 5.32 Å². The molecular formula is C17H28N2. The van der Waals surface area contributed by atoms with Crippen LogP contribution in [-0.4, -0.2) is 11.0 Å². The summed E-state index contributed by atoms with van der Waals surface area (Å²) in [5.74, 6) is 1.76. The van der Waals surface area contributed by atoms with Crippen molar-refractivity contribution >= 4 is 5.69 Å². The normalized spacial score (nSPS) is 24.3. The third-order valence-electron chi connectivity index (χ3n) is 4.54. The van der Waals surface area contributed by atoms with E-state index in [-0.39, 0.29) is 0 Å². The molecule has 0 saturated heterocycles. The highest BCUT2D eigenvalue weighted by molar-refractivity contribution is 5.48. The van der Waals surface area contributed by atoms with Crippen molar-refractivity contribution in [3.8, 4) is 0 Å². The summed E-state index contributed by atoms with van der Waals surface area (Å²) in [4.78, 5) is 4.54. The molecule has 2 unspecified atom stereocenters. The zero-order valence-electron chi connectivity index (χ0n) is 12.9. The maximum Gasteiger partial charge on any atom is 0.0606 e. The Morgan fingerprint density at radius 1 is 1.11 bits per heavy atom. The summed E-state index contributed by atoms with van der Waals surface area (Å²) in [6, 6.07) is 4.91. The number of nitrogens with zero attached hydrogens (tertiary/aromatic N) is 1. The van der Waals surface area contributed by atoms with Crippen LogP contribution in [0.3, 0.4) is 0 Å². The van der Waals surface area contributed by atoms with Crippen LogP contribution in [-0.2, 0) is 0 Å². The van der Waals surface area contributed by atoms with Crippen molar-refractivity contribution in [3.05, 3.63) is 23.5 Å². The van der Waals surface area contributed by atoms with Gasteiger partial charge in [-0.3, -0.25) is 4.98 Å². The first-order chi connectivity index (χ1) is 9.06. The van der Waals surface area contributed by atoms with E-state index in [1.165, 1.54) is 37.8 Å². The molecule has 2 heteroatoms. The minimum Gasteiger partial charge on any atom is -0.381 e. The molecule has 1 N–H and O–H groups in total. The molecule has 1 aromatic rings. The predicted octanol–water partition coefficient (Wildman–Crippen LogP) is 4.72.